The van der Waals surface area contributed by atoms with Crippen LogP contribution in [0.1, 0.15) is 19.8 Å². The zero-order valence-electron chi connectivity index (χ0n) is 12.0. The molecule has 0 heterocycles. The van der Waals surface area contributed by atoms with Crippen molar-refractivity contribution in [3.05, 3.63) is 0 Å². The molecular formula is C12H22N4O4. The van der Waals surface area contributed by atoms with Gasteiger partial charge in [-0.2, -0.15) is 0 Å². The number of nitrogens with zero attached hydrogens (tertiary/aromatic N) is 1. The number of rotatable bonds is 6. The van der Waals surface area contributed by atoms with Crippen molar-refractivity contribution in [2.75, 3.05) is 27.2 Å². The molecule has 0 bridgehead atoms. The smallest absolute Gasteiger partial charge is 0.329 e. The second-order valence-electron chi connectivity index (χ2n) is 5.29. The number of carbonyl (C=O) groups is 3. The number of carboxylic acids is 1. The first-order valence-corrected chi connectivity index (χ1v) is 6.52. The largest absolute Gasteiger partial charge is 0.480 e. The predicted octanol–water partition coefficient (Wildman–Crippen LogP) is -0.190. The van der Waals surface area contributed by atoms with Crippen LogP contribution in [0.3, 0.4) is 0 Å². The van der Waals surface area contributed by atoms with Gasteiger partial charge in [0.2, 0.25) is 0 Å². The Balaban J connectivity index is 2.29. The molecule has 4 amide bonds. The number of carboxylic acid groups (broad SMARTS) is 1. The van der Waals surface area contributed by atoms with E-state index in [1.165, 1.54) is 11.8 Å². The summed E-state index contributed by atoms with van der Waals surface area (Å²) in [5.74, 6) is -1.05. The summed E-state index contributed by atoms with van der Waals surface area (Å²) >= 11 is 0. The van der Waals surface area contributed by atoms with Crippen molar-refractivity contribution >= 4 is 18.0 Å². The van der Waals surface area contributed by atoms with Crippen LogP contribution in [0.5, 0.6) is 0 Å². The first kappa shape index (κ1) is 16.1. The summed E-state index contributed by atoms with van der Waals surface area (Å²) in [6.45, 7) is 2.02. The number of hydrogen-bond donors (Lipinski definition) is 4. The van der Waals surface area contributed by atoms with E-state index in [-0.39, 0.29) is 25.0 Å². The summed E-state index contributed by atoms with van der Waals surface area (Å²) in [5.41, 5.74) is -1.23. The fourth-order valence-corrected chi connectivity index (χ4v) is 1.77. The Morgan fingerprint density at radius 2 is 1.75 bits per heavy atom. The lowest BCUT2D eigenvalue weighted by atomic mass is 9.96. The molecule has 1 rings (SSSR count). The van der Waals surface area contributed by atoms with Gasteiger partial charge in [-0.15, -0.1) is 0 Å². The fraction of sp³-hybridized carbons (Fsp3) is 0.750. The van der Waals surface area contributed by atoms with Gasteiger partial charge >= 0.3 is 18.0 Å². The third-order valence-corrected chi connectivity index (χ3v) is 3.30. The lowest BCUT2D eigenvalue weighted by Crippen LogP contribution is -2.57. The maximum absolute atomic E-state index is 11.7. The van der Waals surface area contributed by atoms with Crippen LogP contribution in [0, 0.1) is 5.92 Å². The van der Waals surface area contributed by atoms with Crippen LogP contribution in [0.2, 0.25) is 0 Å². The Hall–Kier alpha value is -1.99. The van der Waals surface area contributed by atoms with E-state index in [4.69, 9.17) is 0 Å². The number of urea groups is 2. The predicted molar refractivity (Wildman–Crippen MR) is 72.4 cm³/mol. The van der Waals surface area contributed by atoms with Crippen molar-refractivity contribution in [2.45, 2.75) is 25.3 Å². The van der Waals surface area contributed by atoms with Crippen molar-refractivity contribution in [2.24, 2.45) is 5.92 Å². The summed E-state index contributed by atoms with van der Waals surface area (Å²) in [5, 5.41) is 16.8. The normalized spacial score (nSPS) is 16.8. The molecule has 8 nitrogen and oxygen atoms in total. The Kier molecular flexibility index (Phi) is 5.18. The molecule has 1 saturated carbocycles. The number of nitrogens with one attached hydrogen (secondary N) is 3. The minimum Gasteiger partial charge on any atom is -0.480 e. The maximum Gasteiger partial charge on any atom is 0.329 e. The molecule has 4 N–H and O–H groups in total. The SMILES string of the molecule is CN(C)C(=O)NCCNC(=O)NC(C)(C(=O)O)C1CC1. The van der Waals surface area contributed by atoms with E-state index < -0.39 is 17.5 Å². The first-order valence-electron chi connectivity index (χ1n) is 6.52. The minimum atomic E-state index is -1.23. The highest BCUT2D eigenvalue weighted by molar-refractivity contribution is 5.86. The number of amides is 4. The van der Waals surface area contributed by atoms with E-state index in [0.29, 0.717) is 0 Å². The molecule has 20 heavy (non-hydrogen) atoms. The highest BCUT2D eigenvalue weighted by Crippen LogP contribution is 2.39. The van der Waals surface area contributed by atoms with Crippen LogP contribution in [-0.2, 0) is 4.79 Å². The number of hydrogen-bond acceptors (Lipinski definition) is 3. The van der Waals surface area contributed by atoms with Gasteiger partial charge in [-0.3, -0.25) is 0 Å². The topological polar surface area (TPSA) is 111 Å². The molecule has 1 aliphatic carbocycles. The van der Waals surface area contributed by atoms with Gasteiger partial charge < -0.3 is 26.0 Å². The van der Waals surface area contributed by atoms with E-state index in [1.807, 2.05) is 0 Å². The van der Waals surface area contributed by atoms with Gasteiger partial charge in [-0.1, -0.05) is 0 Å². The van der Waals surface area contributed by atoms with E-state index in [9.17, 15) is 19.5 Å². The zero-order chi connectivity index (χ0) is 15.3. The lowest BCUT2D eigenvalue weighted by Gasteiger charge is -2.26. The molecule has 0 saturated heterocycles. The summed E-state index contributed by atoms with van der Waals surface area (Å²) in [7, 11) is 3.23. The highest BCUT2D eigenvalue weighted by atomic mass is 16.4. The summed E-state index contributed by atoms with van der Waals surface area (Å²) in [4.78, 5) is 35.5. The van der Waals surface area contributed by atoms with Crippen LogP contribution in [0.25, 0.3) is 0 Å². The quantitative estimate of drug-likeness (QED) is 0.507. The van der Waals surface area contributed by atoms with Crippen molar-refractivity contribution in [3.8, 4) is 0 Å². The summed E-state index contributed by atoms with van der Waals surface area (Å²) in [6, 6.07) is -0.790. The number of carbonyl (C=O) groups excluding carboxylic acids is 2. The zero-order valence-corrected chi connectivity index (χ0v) is 12.0. The third-order valence-electron chi connectivity index (χ3n) is 3.30. The van der Waals surface area contributed by atoms with Gasteiger partial charge in [0.1, 0.15) is 5.54 Å². The molecule has 1 fully saturated rings. The molecule has 0 aromatic heterocycles. The average molecular weight is 286 g/mol. The lowest BCUT2D eigenvalue weighted by molar-refractivity contribution is -0.144. The molecule has 1 unspecified atom stereocenters. The van der Waals surface area contributed by atoms with E-state index in [1.54, 1.807) is 14.1 Å². The molecular weight excluding hydrogens is 264 g/mol. The second kappa shape index (κ2) is 6.44. The standard InChI is InChI=1S/C12H22N4O4/c1-12(9(17)18,8-4-5-8)15-10(19)13-6-7-14-11(20)16(2)3/h8H,4-7H2,1-3H3,(H,14,20)(H,17,18)(H2,13,15,19). The van der Waals surface area contributed by atoms with Crippen LogP contribution in [-0.4, -0.2) is 60.8 Å². The molecule has 0 aliphatic heterocycles. The monoisotopic (exact) mass is 286 g/mol. The second-order valence-corrected chi connectivity index (χ2v) is 5.29. The fourth-order valence-electron chi connectivity index (χ4n) is 1.77. The van der Waals surface area contributed by atoms with Crippen LogP contribution in [0.15, 0.2) is 0 Å². The van der Waals surface area contributed by atoms with Crippen molar-refractivity contribution < 1.29 is 19.5 Å². The average Bonchev–Trinajstić information content (AvgIpc) is 3.18. The maximum atomic E-state index is 11.7. The molecule has 1 atom stereocenters. The van der Waals surface area contributed by atoms with Crippen molar-refractivity contribution in [3.63, 3.8) is 0 Å². The Bertz CT molecular complexity index is 395. The van der Waals surface area contributed by atoms with Gasteiger partial charge in [0.05, 0.1) is 0 Å². The molecule has 1 aliphatic rings. The Morgan fingerprint density at radius 1 is 1.20 bits per heavy atom. The molecule has 8 heteroatoms. The van der Waals surface area contributed by atoms with E-state index in [0.717, 1.165) is 12.8 Å². The van der Waals surface area contributed by atoms with Crippen LogP contribution in [0.4, 0.5) is 9.59 Å². The number of aliphatic carboxylic acids is 1. The van der Waals surface area contributed by atoms with Crippen LogP contribution >= 0.6 is 0 Å². The highest BCUT2D eigenvalue weighted by Gasteiger charge is 2.48. The first-order chi connectivity index (χ1) is 9.27. The molecule has 0 spiro atoms. The van der Waals surface area contributed by atoms with Crippen molar-refractivity contribution in [1.29, 1.82) is 0 Å². The summed E-state index contributed by atoms with van der Waals surface area (Å²) < 4.78 is 0. The molecule has 114 valence electrons. The molecule has 0 aromatic rings. The van der Waals surface area contributed by atoms with Gasteiger partial charge in [0, 0.05) is 27.2 Å². The van der Waals surface area contributed by atoms with Gasteiger partial charge in [-0.25, -0.2) is 14.4 Å². The van der Waals surface area contributed by atoms with Gasteiger partial charge in [-0.05, 0) is 25.7 Å². The van der Waals surface area contributed by atoms with Crippen molar-refractivity contribution in [1.82, 2.24) is 20.9 Å². The Morgan fingerprint density at radius 3 is 2.20 bits per heavy atom. The third kappa shape index (κ3) is 4.29. The van der Waals surface area contributed by atoms with Gasteiger partial charge in [0.25, 0.3) is 0 Å². The molecule has 0 radical (unpaired) electrons. The molecule has 0 aromatic carbocycles. The van der Waals surface area contributed by atoms with E-state index >= 15 is 0 Å². The van der Waals surface area contributed by atoms with E-state index in [2.05, 4.69) is 16.0 Å². The minimum absolute atomic E-state index is 0.0146. The van der Waals surface area contributed by atoms with Crippen LogP contribution < -0.4 is 16.0 Å². The summed E-state index contributed by atoms with van der Waals surface area (Å²) in [6.07, 6.45) is 1.62. The Labute approximate surface area is 117 Å². The van der Waals surface area contributed by atoms with Gasteiger partial charge in [0.15, 0.2) is 0 Å².